The van der Waals surface area contributed by atoms with Crippen LogP contribution in [0.3, 0.4) is 0 Å². The number of hydrogen-bond acceptors (Lipinski definition) is 3. The monoisotopic (exact) mass is 294 g/mol. The molecule has 0 N–H and O–H groups in total. The van der Waals surface area contributed by atoms with Gasteiger partial charge in [0.2, 0.25) is 5.91 Å². The number of benzene rings is 2. The fourth-order valence-corrected chi connectivity index (χ4v) is 3.45. The zero-order valence-corrected chi connectivity index (χ0v) is 12.4. The van der Waals surface area contributed by atoms with Crippen molar-refractivity contribution in [2.24, 2.45) is 0 Å². The van der Waals surface area contributed by atoms with Crippen molar-refractivity contribution in [3.63, 3.8) is 0 Å². The Labute approximate surface area is 128 Å². The maximum Gasteiger partial charge on any atom is 0.240 e. The average Bonchev–Trinajstić information content (AvgIpc) is 2.52. The summed E-state index contributed by atoms with van der Waals surface area (Å²) < 4.78 is 0. The summed E-state index contributed by atoms with van der Waals surface area (Å²) in [5, 5.41) is 8.77. The first kappa shape index (κ1) is 13.7. The van der Waals surface area contributed by atoms with Crippen molar-refractivity contribution in [3.05, 3.63) is 59.7 Å². The molecule has 1 aliphatic heterocycles. The summed E-state index contributed by atoms with van der Waals surface area (Å²) in [6.07, 6.45) is 0. The summed E-state index contributed by atoms with van der Waals surface area (Å²) in [6, 6.07) is 17.5. The first-order chi connectivity index (χ1) is 10.2. The van der Waals surface area contributed by atoms with E-state index in [9.17, 15) is 4.79 Å². The van der Waals surface area contributed by atoms with Crippen LogP contribution < -0.4 is 4.90 Å². The van der Waals surface area contributed by atoms with Crippen LogP contribution in [0.25, 0.3) is 0 Å². The molecule has 2 aromatic rings. The number of para-hydroxylation sites is 1. The Bertz CT molecular complexity index is 718. The lowest BCUT2D eigenvalue weighted by Gasteiger charge is -2.32. The second-order valence-corrected chi connectivity index (χ2v) is 6.34. The molecular weight excluding hydrogens is 280 g/mol. The van der Waals surface area contributed by atoms with E-state index < -0.39 is 0 Å². The number of nitriles is 1. The Hall–Kier alpha value is -2.25. The van der Waals surface area contributed by atoms with Gasteiger partial charge >= 0.3 is 0 Å². The molecular formula is C17H14N2OS. The first-order valence-corrected chi connectivity index (χ1v) is 7.63. The third-order valence-electron chi connectivity index (χ3n) is 3.50. The molecule has 0 aliphatic carbocycles. The molecule has 1 heterocycles. The molecule has 1 aliphatic rings. The molecule has 0 saturated heterocycles. The molecule has 0 saturated carbocycles. The van der Waals surface area contributed by atoms with Gasteiger partial charge in [-0.2, -0.15) is 5.26 Å². The van der Waals surface area contributed by atoms with Gasteiger partial charge < -0.3 is 4.90 Å². The van der Waals surface area contributed by atoms with E-state index in [0.29, 0.717) is 12.1 Å². The third-order valence-corrected chi connectivity index (χ3v) is 4.65. The lowest BCUT2D eigenvalue weighted by atomic mass is 10.1. The molecule has 104 valence electrons. The van der Waals surface area contributed by atoms with Crippen LogP contribution in [0.4, 0.5) is 5.69 Å². The van der Waals surface area contributed by atoms with Gasteiger partial charge in [0.15, 0.2) is 0 Å². The van der Waals surface area contributed by atoms with Gasteiger partial charge in [-0.25, -0.2) is 0 Å². The first-order valence-electron chi connectivity index (χ1n) is 6.75. The van der Waals surface area contributed by atoms with Crippen LogP contribution in [0.15, 0.2) is 53.4 Å². The molecule has 0 aromatic heterocycles. The molecule has 3 nitrogen and oxygen atoms in total. The summed E-state index contributed by atoms with van der Waals surface area (Å²) in [4.78, 5) is 15.4. The van der Waals surface area contributed by atoms with E-state index in [1.807, 2.05) is 42.2 Å². The number of hydrogen-bond donors (Lipinski definition) is 0. The average molecular weight is 294 g/mol. The van der Waals surface area contributed by atoms with Gasteiger partial charge in [-0.1, -0.05) is 24.3 Å². The van der Waals surface area contributed by atoms with Gasteiger partial charge in [0.1, 0.15) is 0 Å². The quantitative estimate of drug-likeness (QED) is 0.850. The van der Waals surface area contributed by atoms with Gasteiger partial charge in [-0.3, -0.25) is 4.79 Å². The molecule has 2 aromatic carbocycles. The summed E-state index contributed by atoms with van der Waals surface area (Å²) in [7, 11) is 0. The number of thioether (sulfide) groups is 1. The topological polar surface area (TPSA) is 44.1 Å². The fraction of sp³-hybridized carbons (Fsp3) is 0.176. The maximum absolute atomic E-state index is 12.5. The largest absolute Gasteiger partial charge is 0.306 e. The van der Waals surface area contributed by atoms with E-state index in [1.54, 1.807) is 23.9 Å². The van der Waals surface area contributed by atoms with E-state index in [2.05, 4.69) is 12.1 Å². The molecule has 0 radical (unpaired) electrons. The molecule has 1 atom stereocenters. The van der Waals surface area contributed by atoms with Crippen molar-refractivity contribution in [3.8, 4) is 6.07 Å². The maximum atomic E-state index is 12.5. The lowest BCUT2D eigenvalue weighted by molar-refractivity contribution is -0.118. The summed E-state index contributed by atoms with van der Waals surface area (Å²) in [5.41, 5.74) is 2.62. The predicted octanol–water partition coefficient (Wildman–Crippen LogP) is 3.59. The molecule has 3 rings (SSSR count). The summed E-state index contributed by atoms with van der Waals surface area (Å²) in [6.45, 7) is 2.47. The lowest BCUT2D eigenvalue weighted by Crippen LogP contribution is -2.39. The second kappa shape index (κ2) is 5.63. The van der Waals surface area contributed by atoms with E-state index >= 15 is 0 Å². The van der Waals surface area contributed by atoms with E-state index in [0.717, 1.165) is 16.1 Å². The van der Waals surface area contributed by atoms with Gasteiger partial charge in [0.25, 0.3) is 0 Å². The van der Waals surface area contributed by atoms with Gasteiger partial charge in [0, 0.05) is 4.90 Å². The molecule has 0 bridgehead atoms. The van der Waals surface area contributed by atoms with Crippen LogP contribution in [0, 0.1) is 11.3 Å². The fourth-order valence-electron chi connectivity index (χ4n) is 2.39. The van der Waals surface area contributed by atoms with Crippen molar-refractivity contribution in [1.29, 1.82) is 5.26 Å². The van der Waals surface area contributed by atoms with Crippen LogP contribution in [0.1, 0.15) is 18.1 Å². The summed E-state index contributed by atoms with van der Waals surface area (Å²) in [5.74, 6) is 0.128. The number of fused-ring (bicyclic) bond motifs is 1. The van der Waals surface area contributed by atoms with Gasteiger partial charge in [-0.05, 0) is 36.8 Å². The SMILES string of the molecule is CC1Sc2ccccc2N(Cc2ccc(C#N)cc2)C1=O. The van der Waals surface area contributed by atoms with Crippen LogP contribution >= 0.6 is 11.8 Å². The van der Waals surface area contributed by atoms with Crippen LogP contribution in [0.2, 0.25) is 0 Å². The number of amides is 1. The van der Waals surface area contributed by atoms with Crippen LogP contribution in [-0.4, -0.2) is 11.2 Å². The highest BCUT2D eigenvalue weighted by atomic mass is 32.2. The number of carbonyl (C=O) groups is 1. The number of rotatable bonds is 2. The van der Waals surface area contributed by atoms with Crippen molar-refractivity contribution in [1.82, 2.24) is 0 Å². The van der Waals surface area contributed by atoms with E-state index in [4.69, 9.17) is 5.26 Å². The minimum Gasteiger partial charge on any atom is -0.306 e. The second-order valence-electron chi connectivity index (χ2n) is 4.96. The molecule has 21 heavy (non-hydrogen) atoms. The minimum absolute atomic E-state index is 0.0710. The van der Waals surface area contributed by atoms with E-state index in [-0.39, 0.29) is 11.2 Å². The number of carbonyl (C=O) groups excluding carboxylic acids is 1. The Balaban J connectivity index is 1.93. The molecule has 0 fully saturated rings. The van der Waals surface area contributed by atoms with Crippen LogP contribution in [0.5, 0.6) is 0 Å². The third kappa shape index (κ3) is 2.65. The Morgan fingerprint density at radius 2 is 1.90 bits per heavy atom. The highest BCUT2D eigenvalue weighted by Gasteiger charge is 2.30. The van der Waals surface area contributed by atoms with Crippen molar-refractivity contribution in [2.45, 2.75) is 23.6 Å². The highest BCUT2D eigenvalue weighted by molar-refractivity contribution is 8.00. The zero-order valence-electron chi connectivity index (χ0n) is 11.6. The Morgan fingerprint density at radius 1 is 1.19 bits per heavy atom. The van der Waals surface area contributed by atoms with Crippen molar-refractivity contribution < 1.29 is 4.79 Å². The van der Waals surface area contributed by atoms with Gasteiger partial charge in [-0.15, -0.1) is 11.8 Å². The highest BCUT2D eigenvalue weighted by Crippen LogP contribution is 2.39. The van der Waals surface area contributed by atoms with Crippen molar-refractivity contribution >= 4 is 23.4 Å². The Morgan fingerprint density at radius 3 is 2.62 bits per heavy atom. The smallest absolute Gasteiger partial charge is 0.240 e. The normalized spacial score (nSPS) is 17.2. The van der Waals surface area contributed by atoms with E-state index in [1.165, 1.54) is 0 Å². The summed E-state index contributed by atoms with van der Waals surface area (Å²) >= 11 is 1.61. The number of nitrogens with zero attached hydrogens (tertiary/aromatic N) is 2. The molecule has 0 spiro atoms. The molecule has 4 heteroatoms. The van der Waals surface area contributed by atoms with Crippen molar-refractivity contribution in [2.75, 3.05) is 4.90 Å². The zero-order chi connectivity index (χ0) is 14.8. The molecule has 1 amide bonds. The standard InChI is InChI=1S/C17H14N2OS/c1-12-17(20)19(15-4-2-3-5-16(15)21-12)11-14-8-6-13(10-18)7-9-14/h2-9,12H,11H2,1H3. The van der Waals surface area contributed by atoms with Crippen LogP contribution in [-0.2, 0) is 11.3 Å². The molecule has 1 unspecified atom stereocenters. The number of anilines is 1. The predicted molar refractivity (Wildman–Crippen MR) is 84.1 cm³/mol. The minimum atomic E-state index is -0.0710. The van der Waals surface area contributed by atoms with Gasteiger partial charge in [0.05, 0.1) is 29.1 Å². The Kier molecular flexibility index (Phi) is 3.68.